The minimum absolute atomic E-state index is 0.0688. The van der Waals surface area contributed by atoms with Gasteiger partial charge in [0, 0.05) is 0 Å². The molecule has 0 aromatic carbocycles. The molecule has 0 bridgehead atoms. The molecule has 1 aliphatic rings. The van der Waals surface area contributed by atoms with Gasteiger partial charge in [-0.1, -0.05) is 0 Å². The molecule has 6 heteroatoms. The van der Waals surface area contributed by atoms with E-state index in [1.165, 1.54) is 6.20 Å². The first-order valence-electron chi connectivity index (χ1n) is 3.30. The largest absolute Gasteiger partial charge is 0.497 e. The molecule has 62 valence electrons. The molecule has 0 atom stereocenters. The highest BCUT2D eigenvalue weighted by atomic mass is 16.5. The predicted molar refractivity (Wildman–Crippen MR) is 38.2 cm³/mol. The molecule has 0 fully saturated rings. The first-order chi connectivity index (χ1) is 5.79. The van der Waals surface area contributed by atoms with E-state index in [0.29, 0.717) is 0 Å². The lowest BCUT2D eigenvalue weighted by Gasteiger charge is -1.95. The van der Waals surface area contributed by atoms with Gasteiger partial charge in [-0.3, -0.25) is 0 Å². The maximum absolute atomic E-state index is 11.0. The molecule has 0 aromatic heterocycles. The van der Waals surface area contributed by atoms with Crippen LogP contribution in [0.25, 0.3) is 5.53 Å². The zero-order chi connectivity index (χ0) is 8.97. The highest BCUT2D eigenvalue weighted by Crippen LogP contribution is 2.08. The molecule has 0 saturated heterocycles. The van der Waals surface area contributed by atoms with Gasteiger partial charge in [0.05, 0.1) is 17.9 Å². The number of carbonyl (C=O) groups excluding carboxylic acids is 1. The normalized spacial score (nSPS) is 14.1. The summed E-state index contributed by atoms with van der Waals surface area (Å²) in [5.74, 6) is -0.705. The van der Waals surface area contributed by atoms with E-state index in [2.05, 4.69) is 19.8 Å². The number of esters is 1. The Morgan fingerprint density at radius 1 is 1.83 bits per heavy atom. The molecule has 0 N–H and O–H groups in total. The zero-order valence-electron chi connectivity index (χ0n) is 6.39. The molecule has 6 nitrogen and oxygen atoms in total. The highest BCUT2D eigenvalue weighted by molar-refractivity contribution is 6.17. The Hall–Kier alpha value is -1.81. The Morgan fingerprint density at radius 3 is 3.17 bits per heavy atom. The van der Waals surface area contributed by atoms with Crippen LogP contribution in [-0.4, -0.2) is 23.2 Å². The number of carbonyl (C=O) groups is 1. The number of hydrogen-bond acceptors (Lipinski definition) is 3. The van der Waals surface area contributed by atoms with Gasteiger partial charge in [0.15, 0.2) is 5.57 Å². The van der Waals surface area contributed by atoms with Gasteiger partial charge in [0.25, 0.3) is 0 Å². The van der Waals surface area contributed by atoms with Gasteiger partial charge in [0.1, 0.15) is 0 Å². The van der Waals surface area contributed by atoms with Crippen molar-refractivity contribution >= 4 is 11.8 Å². The molecule has 0 aliphatic carbocycles. The maximum Gasteiger partial charge on any atom is 0.442 e. The van der Waals surface area contributed by atoms with Gasteiger partial charge in [-0.25, -0.2) is 4.79 Å². The van der Waals surface area contributed by atoms with Crippen LogP contribution in [0.3, 0.4) is 0 Å². The van der Waals surface area contributed by atoms with E-state index in [4.69, 9.17) is 5.53 Å². The maximum atomic E-state index is 11.0. The SMILES string of the molecule is CCOC(=O)C1=CN=NC1=[N+]=[N-]. The number of nitrogens with zero attached hydrogens (tertiary/aromatic N) is 4. The first kappa shape index (κ1) is 8.29. The third-order valence-corrected chi connectivity index (χ3v) is 1.17. The van der Waals surface area contributed by atoms with Crippen LogP contribution in [0, 0.1) is 0 Å². The quantitative estimate of drug-likeness (QED) is 0.340. The van der Waals surface area contributed by atoms with E-state index in [1.807, 2.05) is 0 Å². The Morgan fingerprint density at radius 2 is 2.58 bits per heavy atom. The van der Waals surface area contributed by atoms with Crippen molar-refractivity contribution in [3.05, 3.63) is 17.3 Å². The third kappa shape index (κ3) is 1.43. The van der Waals surface area contributed by atoms with Crippen LogP contribution < -0.4 is 0 Å². The van der Waals surface area contributed by atoms with E-state index in [-0.39, 0.29) is 18.0 Å². The van der Waals surface area contributed by atoms with E-state index in [9.17, 15) is 4.79 Å². The monoisotopic (exact) mass is 166 g/mol. The molecule has 0 spiro atoms. The van der Waals surface area contributed by atoms with Crippen LogP contribution in [-0.2, 0) is 9.53 Å². The van der Waals surface area contributed by atoms with Crippen LogP contribution in [0.2, 0.25) is 0 Å². The summed E-state index contributed by atoms with van der Waals surface area (Å²) in [5.41, 5.74) is 8.41. The van der Waals surface area contributed by atoms with Crippen molar-refractivity contribution in [1.29, 1.82) is 0 Å². The second kappa shape index (κ2) is 3.54. The average Bonchev–Trinajstić information content (AvgIpc) is 2.51. The average molecular weight is 166 g/mol. The molecular formula is C6H6N4O2. The van der Waals surface area contributed by atoms with Gasteiger partial charge < -0.3 is 15.1 Å². The molecule has 0 radical (unpaired) electrons. The third-order valence-electron chi connectivity index (χ3n) is 1.17. The number of amidine groups is 1. The van der Waals surface area contributed by atoms with E-state index in [0.717, 1.165) is 0 Å². The molecule has 12 heavy (non-hydrogen) atoms. The van der Waals surface area contributed by atoms with Crippen molar-refractivity contribution in [1.82, 2.24) is 0 Å². The molecular weight excluding hydrogens is 160 g/mol. The molecule has 0 amide bonds. The molecule has 1 rings (SSSR count). The molecule has 0 unspecified atom stereocenters. The van der Waals surface area contributed by atoms with Crippen LogP contribution in [0.5, 0.6) is 0 Å². The first-order valence-corrected chi connectivity index (χ1v) is 3.30. The van der Waals surface area contributed by atoms with Crippen molar-refractivity contribution in [2.75, 3.05) is 6.61 Å². The van der Waals surface area contributed by atoms with E-state index < -0.39 is 5.97 Å². The van der Waals surface area contributed by atoms with Crippen molar-refractivity contribution in [2.45, 2.75) is 6.92 Å². The molecule has 1 aliphatic heterocycles. The fourth-order valence-electron chi connectivity index (χ4n) is 0.680. The van der Waals surface area contributed by atoms with Gasteiger partial charge in [-0.2, -0.15) is 0 Å². The Bertz CT molecular complexity index is 312. The zero-order valence-corrected chi connectivity index (χ0v) is 6.39. The summed E-state index contributed by atoms with van der Waals surface area (Å²) in [7, 11) is 0. The number of ether oxygens (including phenoxy) is 1. The van der Waals surface area contributed by atoms with Crippen molar-refractivity contribution in [2.24, 2.45) is 10.2 Å². The molecule has 0 saturated carbocycles. The summed E-state index contributed by atoms with van der Waals surface area (Å²) in [6.45, 7) is 1.94. The lowest BCUT2D eigenvalue weighted by molar-refractivity contribution is -0.138. The summed E-state index contributed by atoms with van der Waals surface area (Å²) in [6, 6.07) is 0. The van der Waals surface area contributed by atoms with Gasteiger partial charge in [-0.05, 0) is 12.0 Å². The summed E-state index contributed by atoms with van der Waals surface area (Å²) in [5, 5.41) is 6.76. The smallest absolute Gasteiger partial charge is 0.442 e. The van der Waals surface area contributed by atoms with Crippen LogP contribution >= 0.6 is 0 Å². The summed E-state index contributed by atoms with van der Waals surface area (Å²) >= 11 is 0. The van der Waals surface area contributed by atoms with Crippen LogP contribution in [0.15, 0.2) is 22.0 Å². The Balaban J connectivity index is 2.79. The Labute approximate surface area is 68.2 Å². The fourth-order valence-corrected chi connectivity index (χ4v) is 0.680. The lowest BCUT2D eigenvalue weighted by Crippen LogP contribution is -2.12. The summed E-state index contributed by atoms with van der Waals surface area (Å²) in [6.07, 6.45) is 1.19. The van der Waals surface area contributed by atoms with E-state index in [1.54, 1.807) is 6.92 Å². The molecule has 1 heterocycles. The predicted octanol–water partition coefficient (Wildman–Crippen LogP) is 0.528. The van der Waals surface area contributed by atoms with Crippen LogP contribution in [0.4, 0.5) is 0 Å². The summed E-state index contributed by atoms with van der Waals surface area (Å²) in [4.78, 5) is 13.8. The Kier molecular flexibility index (Phi) is 2.45. The highest BCUT2D eigenvalue weighted by Gasteiger charge is 2.29. The number of azo groups is 1. The standard InChI is InChI=1S/C6H6N4O2/c1-2-12-6(11)4-3-8-10-5(4)9-7/h3H,2H2,1H3. The van der Waals surface area contributed by atoms with Gasteiger partial charge in [0.2, 0.25) is 0 Å². The topological polar surface area (TPSA) is 87.4 Å². The van der Waals surface area contributed by atoms with Crippen molar-refractivity contribution < 1.29 is 14.3 Å². The number of rotatable bonds is 2. The van der Waals surface area contributed by atoms with Crippen molar-refractivity contribution in [3.8, 4) is 0 Å². The number of hydrogen-bond donors (Lipinski definition) is 0. The van der Waals surface area contributed by atoms with Gasteiger partial charge >= 0.3 is 11.8 Å². The second-order valence-electron chi connectivity index (χ2n) is 1.90. The second-order valence-corrected chi connectivity index (χ2v) is 1.90. The van der Waals surface area contributed by atoms with Crippen molar-refractivity contribution in [3.63, 3.8) is 0 Å². The van der Waals surface area contributed by atoms with E-state index >= 15 is 0 Å². The minimum atomic E-state index is -0.588. The minimum Gasteiger partial charge on any atom is -0.497 e. The lowest BCUT2D eigenvalue weighted by atomic mass is 10.3. The fraction of sp³-hybridized carbons (Fsp3) is 0.333. The molecule has 0 aromatic rings. The van der Waals surface area contributed by atoms with Crippen LogP contribution in [0.1, 0.15) is 6.92 Å². The van der Waals surface area contributed by atoms with Gasteiger partial charge in [-0.15, -0.1) is 0 Å². The summed E-state index contributed by atoms with van der Waals surface area (Å²) < 4.78 is 4.64.